The van der Waals surface area contributed by atoms with Gasteiger partial charge in [-0.05, 0) is 31.0 Å². The molecule has 0 spiro atoms. The standard InChI is InChI=1S/C19H19FO4/c1-4-24-18(22)19(2,17(21)23-3)14-10-11-15(16(20)12-14)13-8-6-5-7-9-13/h5-12H,4H2,1-3H3. The summed E-state index contributed by atoms with van der Waals surface area (Å²) in [4.78, 5) is 24.5. The molecule has 1 atom stereocenters. The first kappa shape index (κ1) is 17.7. The second-order valence-corrected chi connectivity index (χ2v) is 5.40. The minimum absolute atomic E-state index is 0.107. The summed E-state index contributed by atoms with van der Waals surface area (Å²) in [6.07, 6.45) is 0. The number of carbonyl (C=O) groups excluding carboxylic acids is 2. The third kappa shape index (κ3) is 3.15. The molecule has 0 saturated heterocycles. The Morgan fingerprint density at radius 2 is 1.75 bits per heavy atom. The molecule has 4 nitrogen and oxygen atoms in total. The number of rotatable bonds is 5. The van der Waals surface area contributed by atoms with E-state index in [0.29, 0.717) is 11.1 Å². The molecular formula is C19H19FO4. The second-order valence-electron chi connectivity index (χ2n) is 5.40. The lowest BCUT2D eigenvalue weighted by atomic mass is 9.81. The average Bonchev–Trinajstić information content (AvgIpc) is 2.61. The van der Waals surface area contributed by atoms with E-state index in [1.54, 1.807) is 43.3 Å². The van der Waals surface area contributed by atoms with E-state index in [4.69, 9.17) is 9.47 Å². The van der Waals surface area contributed by atoms with Gasteiger partial charge in [0, 0.05) is 5.56 Å². The quantitative estimate of drug-likeness (QED) is 0.622. The zero-order valence-electron chi connectivity index (χ0n) is 13.8. The molecule has 0 radical (unpaired) electrons. The van der Waals surface area contributed by atoms with E-state index < -0.39 is 23.2 Å². The van der Waals surface area contributed by atoms with E-state index in [1.165, 1.54) is 20.1 Å². The number of methoxy groups -OCH3 is 1. The van der Waals surface area contributed by atoms with Crippen LogP contribution in [-0.4, -0.2) is 25.7 Å². The van der Waals surface area contributed by atoms with Gasteiger partial charge >= 0.3 is 11.9 Å². The molecule has 24 heavy (non-hydrogen) atoms. The first-order chi connectivity index (χ1) is 11.4. The van der Waals surface area contributed by atoms with E-state index in [0.717, 1.165) is 0 Å². The van der Waals surface area contributed by atoms with Crippen molar-refractivity contribution in [2.75, 3.05) is 13.7 Å². The molecule has 0 amide bonds. The minimum Gasteiger partial charge on any atom is -0.468 e. The molecule has 0 aliphatic carbocycles. The van der Waals surface area contributed by atoms with Crippen LogP contribution in [0.4, 0.5) is 4.39 Å². The molecule has 0 N–H and O–H groups in total. The van der Waals surface area contributed by atoms with Crippen LogP contribution in [0.3, 0.4) is 0 Å². The smallest absolute Gasteiger partial charge is 0.327 e. The maximum Gasteiger partial charge on any atom is 0.327 e. The number of halogens is 1. The Morgan fingerprint density at radius 1 is 1.08 bits per heavy atom. The molecule has 2 rings (SSSR count). The Labute approximate surface area is 140 Å². The number of hydrogen-bond donors (Lipinski definition) is 0. The molecular weight excluding hydrogens is 311 g/mol. The molecule has 0 bridgehead atoms. The summed E-state index contributed by atoms with van der Waals surface area (Å²) in [5.41, 5.74) is -0.446. The van der Waals surface area contributed by atoms with Gasteiger partial charge < -0.3 is 9.47 Å². The maximum absolute atomic E-state index is 14.6. The minimum atomic E-state index is -1.72. The van der Waals surface area contributed by atoms with Gasteiger partial charge in [0.25, 0.3) is 0 Å². The Kier molecular flexibility index (Phi) is 5.34. The summed E-state index contributed by atoms with van der Waals surface area (Å²) in [5, 5.41) is 0. The van der Waals surface area contributed by atoms with Crippen molar-refractivity contribution >= 4 is 11.9 Å². The summed E-state index contributed by atoms with van der Waals surface area (Å²) in [7, 11) is 1.18. The summed E-state index contributed by atoms with van der Waals surface area (Å²) < 4.78 is 24.3. The predicted octanol–water partition coefficient (Wildman–Crippen LogP) is 3.49. The van der Waals surface area contributed by atoms with Crippen LogP contribution in [0.2, 0.25) is 0 Å². The Balaban J connectivity index is 2.51. The van der Waals surface area contributed by atoms with E-state index in [-0.39, 0.29) is 12.2 Å². The van der Waals surface area contributed by atoms with Gasteiger partial charge in [0.05, 0.1) is 13.7 Å². The zero-order chi connectivity index (χ0) is 17.7. The van der Waals surface area contributed by atoms with Crippen molar-refractivity contribution in [3.63, 3.8) is 0 Å². The van der Waals surface area contributed by atoms with Crippen LogP contribution in [0.5, 0.6) is 0 Å². The third-order valence-electron chi connectivity index (χ3n) is 3.91. The lowest BCUT2D eigenvalue weighted by molar-refractivity contribution is -0.162. The highest BCUT2D eigenvalue weighted by molar-refractivity contribution is 6.05. The highest BCUT2D eigenvalue weighted by atomic mass is 19.1. The average molecular weight is 330 g/mol. The highest BCUT2D eigenvalue weighted by Crippen LogP contribution is 2.31. The van der Waals surface area contributed by atoms with Gasteiger partial charge in [0.1, 0.15) is 5.82 Å². The molecule has 5 heteroatoms. The Bertz CT molecular complexity index is 742. The maximum atomic E-state index is 14.6. The van der Waals surface area contributed by atoms with Gasteiger partial charge in [-0.2, -0.15) is 0 Å². The van der Waals surface area contributed by atoms with Crippen LogP contribution in [0, 0.1) is 5.82 Å². The number of ether oxygens (including phenoxy) is 2. The van der Waals surface area contributed by atoms with Crippen molar-refractivity contribution in [3.8, 4) is 11.1 Å². The highest BCUT2D eigenvalue weighted by Gasteiger charge is 2.46. The van der Waals surface area contributed by atoms with Gasteiger partial charge in [0.2, 0.25) is 0 Å². The summed E-state index contributed by atoms with van der Waals surface area (Å²) in [6, 6.07) is 13.3. The van der Waals surface area contributed by atoms with E-state index >= 15 is 0 Å². The lowest BCUT2D eigenvalue weighted by Gasteiger charge is -2.25. The topological polar surface area (TPSA) is 52.6 Å². The van der Waals surface area contributed by atoms with Crippen LogP contribution in [-0.2, 0) is 24.5 Å². The second kappa shape index (κ2) is 7.25. The number of esters is 2. The van der Waals surface area contributed by atoms with Crippen molar-refractivity contribution in [1.29, 1.82) is 0 Å². The zero-order valence-corrected chi connectivity index (χ0v) is 13.8. The van der Waals surface area contributed by atoms with Crippen molar-refractivity contribution in [2.24, 2.45) is 0 Å². The van der Waals surface area contributed by atoms with Crippen molar-refractivity contribution in [3.05, 3.63) is 59.9 Å². The van der Waals surface area contributed by atoms with Gasteiger partial charge in [-0.3, -0.25) is 9.59 Å². The fraction of sp³-hybridized carbons (Fsp3) is 0.263. The number of hydrogen-bond acceptors (Lipinski definition) is 4. The van der Waals surface area contributed by atoms with Crippen LogP contribution in [0.15, 0.2) is 48.5 Å². The van der Waals surface area contributed by atoms with Crippen LogP contribution >= 0.6 is 0 Å². The van der Waals surface area contributed by atoms with Crippen molar-refractivity contribution < 1.29 is 23.5 Å². The van der Waals surface area contributed by atoms with Crippen LogP contribution in [0.1, 0.15) is 19.4 Å². The van der Waals surface area contributed by atoms with E-state index in [2.05, 4.69) is 0 Å². The van der Waals surface area contributed by atoms with E-state index in [1.807, 2.05) is 6.07 Å². The van der Waals surface area contributed by atoms with Gasteiger partial charge in [-0.25, -0.2) is 4.39 Å². The van der Waals surface area contributed by atoms with Crippen molar-refractivity contribution in [2.45, 2.75) is 19.3 Å². The monoisotopic (exact) mass is 330 g/mol. The predicted molar refractivity (Wildman–Crippen MR) is 87.8 cm³/mol. The summed E-state index contributed by atoms with van der Waals surface area (Å²) in [5.74, 6) is -2.10. The Hall–Kier alpha value is -2.69. The fourth-order valence-corrected chi connectivity index (χ4v) is 2.48. The molecule has 2 aromatic carbocycles. The van der Waals surface area contributed by atoms with E-state index in [9.17, 15) is 14.0 Å². The van der Waals surface area contributed by atoms with Crippen molar-refractivity contribution in [1.82, 2.24) is 0 Å². The van der Waals surface area contributed by atoms with Gasteiger partial charge in [0.15, 0.2) is 5.41 Å². The molecule has 0 heterocycles. The molecule has 0 aliphatic heterocycles. The molecule has 2 aromatic rings. The number of benzene rings is 2. The molecule has 0 saturated carbocycles. The molecule has 0 aliphatic rings. The number of carbonyl (C=O) groups is 2. The fourth-order valence-electron chi connectivity index (χ4n) is 2.48. The van der Waals surface area contributed by atoms with Crippen LogP contribution < -0.4 is 0 Å². The Morgan fingerprint density at radius 3 is 2.29 bits per heavy atom. The van der Waals surface area contributed by atoms with Gasteiger partial charge in [-0.1, -0.05) is 42.5 Å². The molecule has 0 fully saturated rings. The molecule has 0 aromatic heterocycles. The summed E-state index contributed by atoms with van der Waals surface area (Å²) in [6.45, 7) is 3.11. The first-order valence-corrected chi connectivity index (χ1v) is 7.56. The third-order valence-corrected chi connectivity index (χ3v) is 3.91. The SMILES string of the molecule is CCOC(=O)C(C)(C(=O)OC)c1ccc(-c2ccccc2)c(F)c1. The van der Waals surface area contributed by atoms with Crippen LogP contribution in [0.25, 0.3) is 11.1 Å². The normalized spacial score (nSPS) is 13.0. The summed E-state index contributed by atoms with van der Waals surface area (Å²) >= 11 is 0. The largest absolute Gasteiger partial charge is 0.468 e. The van der Waals surface area contributed by atoms with Gasteiger partial charge in [-0.15, -0.1) is 0 Å². The first-order valence-electron chi connectivity index (χ1n) is 7.56. The molecule has 1 unspecified atom stereocenters. The molecule has 126 valence electrons. The lowest BCUT2D eigenvalue weighted by Crippen LogP contribution is -2.43.